The van der Waals surface area contributed by atoms with Crippen molar-refractivity contribution in [1.29, 1.82) is 5.26 Å². The maximum absolute atomic E-state index is 12.8. The molecule has 1 atom stereocenters. The number of nitrogens with zero attached hydrogens (tertiary/aromatic N) is 3. The summed E-state index contributed by atoms with van der Waals surface area (Å²) in [5.41, 5.74) is 3.86. The van der Waals surface area contributed by atoms with Crippen LogP contribution in [0.2, 0.25) is 5.02 Å². The first-order valence-electron chi connectivity index (χ1n) is 12.7. The zero-order valence-corrected chi connectivity index (χ0v) is 22.0. The van der Waals surface area contributed by atoms with Crippen LogP contribution in [0.5, 0.6) is 5.75 Å². The third-order valence-electron chi connectivity index (χ3n) is 6.42. The molecule has 7 nitrogen and oxygen atoms in total. The Bertz CT molecular complexity index is 1500. The lowest BCUT2D eigenvalue weighted by Crippen LogP contribution is -2.32. The first-order chi connectivity index (χ1) is 19.1. The van der Waals surface area contributed by atoms with Crippen molar-refractivity contribution in [3.05, 3.63) is 107 Å². The number of benzene rings is 3. The van der Waals surface area contributed by atoms with Crippen LogP contribution in [-0.4, -0.2) is 34.9 Å². The van der Waals surface area contributed by atoms with Crippen LogP contribution in [0.15, 0.2) is 90.6 Å². The predicted octanol–water partition coefficient (Wildman–Crippen LogP) is 5.97. The number of carbonyl (C=O) groups is 1. The molecule has 1 saturated heterocycles. The first kappa shape index (κ1) is 26.2. The molecule has 1 amide bonds. The molecule has 0 spiro atoms. The number of para-hydroxylation sites is 1. The summed E-state index contributed by atoms with van der Waals surface area (Å²) in [4.78, 5) is 12.8. The Morgan fingerprint density at radius 1 is 1.13 bits per heavy atom. The van der Waals surface area contributed by atoms with Gasteiger partial charge in [-0.1, -0.05) is 48.0 Å². The highest BCUT2D eigenvalue weighted by Crippen LogP contribution is 2.28. The number of hydrogen-bond donors (Lipinski definition) is 1. The summed E-state index contributed by atoms with van der Waals surface area (Å²) in [6, 6.07) is 26.8. The molecule has 4 aromatic rings. The topological polar surface area (TPSA) is 89.2 Å². The van der Waals surface area contributed by atoms with Crippen molar-refractivity contribution in [2.75, 3.05) is 13.2 Å². The number of aromatic nitrogens is 2. The second-order valence-corrected chi connectivity index (χ2v) is 9.54. The quantitative estimate of drug-likeness (QED) is 0.209. The van der Waals surface area contributed by atoms with Crippen LogP contribution >= 0.6 is 11.6 Å². The Morgan fingerprint density at radius 3 is 2.62 bits per heavy atom. The average Bonchev–Trinajstić information content (AvgIpc) is 3.65. The predicted molar refractivity (Wildman–Crippen MR) is 150 cm³/mol. The summed E-state index contributed by atoms with van der Waals surface area (Å²) in [6.07, 6.45) is 5.26. The monoisotopic (exact) mass is 538 g/mol. The lowest BCUT2D eigenvalue weighted by molar-refractivity contribution is -0.117. The van der Waals surface area contributed by atoms with E-state index in [2.05, 4.69) is 5.32 Å². The smallest absolute Gasteiger partial charge is 0.262 e. The molecule has 1 fully saturated rings. The Labute approximate surface area is 232 Å². The summed E-state index contributed by atoms with van der Waals surface area (Å²) in [6.45, 7) is 1.43. The van der Waals surface area contributed by atoms with Gasteiger partial charge in [0, 0.05) is 41.1 Å². The minimum atomic E-state index is -0.435. The number of nitriles is 1. The molecule has 0 aliphatic carbocycles. The van der Waals surface area contributed by atoms with Gasteiger partial charge in [-0.3, -0.25) is 4.79 Å². The van der Waals surface area contributed by atoms with Crippen LogP contribution in [0.3, 0.4) is 0 Å². The van der Waals surface area contributed by atoms with E-state index >= 15 is 0 Å². The Balaban J connectivity index is 1.40. The molecule has 2 heterocycles. The van der Waals surface area contributed by atoms with Gasteiger partial charge in [0.1, 0.15) is 24.0 Å². The van der Waals surface area contributed by atoms with Gasteiger partial charge >= 0.3 is 0 Å². The number of ether oxygens (including phenoxy) is 2. The van der Waals surface area contributed by atoms with Crippen molar-refractivity contribution in [3.63, 3.8) is 0 Å². The van der Waals surface area contributed by atoms with Crippen LogP contribution in [-0.2, 0) is 16.1 Å². The lowest BCUT2D eigenvalue weighted by atomic mass is 10.1. The Morgan fingerprint density at radius 2 is 1.90 bits per heavy atom. The van der Waals surface area contributed by atoms with Gasteiger partial charge in [0.2, 0.25) is 0 Å². The van der Waals surface area contributed by atoms with E-state index in [1.165, 1.54) is 0 Å². The molecule has 0 bridgehead atoms. The number of halogens is 1. The standard InChI is InChI=1S/C31H27ClN4O3/c32-29-11-5-4-7-23(29)21-39-27-14-12-22(13-15-27)30-25(20-36(35-30)26-8-2-1-3-9-26)17-24(18-33)31(37)34-19-28-10-6-16-38-28/h1-5,7-9,11-15,17,20,28H,6,10,16,19,21H2,(H,34,37)/b24-17-. The molecule has 1 aliphatic heterocycles. The molecular weight excluding hydrogens is 512 g/mol. The number of carbonyl (C=O) groups excluding carboxylic acids is 1. The van der Waals surface area contributed by atoms with Crippen LogP contribution < -0.4 is 10.1 Å². The SMILES string of the molecule is N#C/C(=C/c1cn(-c2ccccc2)nc1-c1ccc(OCc2ccccc2Cl)cc1)C(=O)NCC1CCCO1. The molecule has 3 aromatic carbocycles. The molecule has 1 aliphatic rings. The lowest BCUT2D eigenvalue weighted by Gasteiger charge is -2.10. The summed E-state index contributed by atoms with van der Waals surface area (Å²) >= 11 is 6.24. The molecule has 8 heteroatoms. The summed E-state index contributed by atoms with van der Waals surface area (Å²) in [5, 5.41) is 18.1. The molecule has 0 radical (unpaired) electrons. The fourth-order valence-electron chi connectivity index (χ4n) is 4.33. The summed E-state index contributed by atoms with van der Waals surface area (Å²) in [7, 11) is 0. The van der Waals surface area contributed by atoms with Crippen molar-refractivity contribution in [2.45, 2.75) is 25.6 Å². The van der Waals surface area contributed by atoms with Crippen molar-refractivity contribution in [2.24, 2.45) is 0 Å². The van der Waals surface area contributed by atoms with E-state index < -0.39 is 5.91 Å². The minimum absolute atomic E-state index is 0.00144. The zero-order valence-electron chi connectivity index (χ0n) is 21.2. The number of hydrogen-bond acceptors (Lipinski definition) is 5. The van der Waals surface area contributed by atoms with Gasteiger partial charge in [0.25, 0.3) is 5.91 Å². The van der Waals surface area contributed by atoms with Crippen LogP contribution in [0, 0.1) is 11.3 Å². The van der Waals surface area contributed by atoms with Gasteiger partial charge in [-0.05, 0) is 61.4 Å². The van der Waals surface area contributed by atoms with Gasteiger partial charge < -0.3 is 14.8 Å². The normalized spacial score (nSPS) is 15.1. The van der Waals surface area contributed by atoms with Crippen molar-refractivity contribution >= 4 is 23.6 Å². The fourth-order valence-corrected chi connectivity index (χ4v) is 4.52. The van der Waals surface area contributed by atoms with Gasteiger partial charge in [0.05, 0.1) is 17.5 Å². The molecule has 39 heavy (non-hydrogen) atoms. The highest BCUT2D eigenvalue weighted by atomic mass is 35.5. The first-order valence-corrected chi connectivity index (χ1v) is 13.1. The van der Waals surface area contributed by atoms with Gasteiger partial charge in [-0.25, -0.2) is 4.68 Å². The van der Waals surface area contributed by atoms with E-state index in [-0.39, 0.29) is 11.7 Å². The molecule has 1 aromatic heterocycles. The average molecular weight is 539 g/mol. The maximum atomic E-state index is 12.8. The number of amides is 1. The summed E-state index contributed by atoms with van der Waals surface area (Å²) < 4.78 is 13.2. The second-order valence-electron chi connectivity index (χ2n) is 9.13. The highest BCUT2D eigenvalue weighted by molar-refractivity contribution is 6.31. The van der Waals surface area contributed by atoms with E-state index in [0.717, 1.165) is 29.7 Å². The van der Waals surface area contributed by atoms with E-state index in [1.807, 2.05) is 91.1 Å². The summed E-state index contributed by atoms with van der Waals surface area (Å²) in [5.74, 6) is 0.249. The molecule has 196 valence electrons. The minimum Gasteiger partial charge on any atom is -0.489 e. The molecular formula is C31H27ClN4O3. The van der Waals surface area contributed by atoms with Gasteiger partial charge in [0.15, 0.2) is 0 Å². The van der Waals surface area contributed by atoms with Crippen molar-refractivity contribution < 1.29 is 14.3 Å². The van der Waals surface area contributed by atoms with Crippen molar-refractivity contribution in [3.8, 4) is 28.8 Å². The van der Waals surface area contributed by atoms with Crippen LogP contribution in [0.25, 0.3) is 23.0 Å². The molecule has 1 N–H and O–H groups in total. The molecule has 5 rings (SSSR count). The Hall–Kier alpha value is -4.38. The molecule has 1 unspecified atom stereocenters. The van der Waals surface area contributed by atoms with E-state index in [1.54, 1.807) is 10.8 Å². The Kier molecular flexibility index (Phi) is 8.37. The van der Waals surface area contributed by atoms with E-state index in [4.69, 9.17) is 26.2 Å². The zero-order chi connectivity index (χ0) is 27.0. The van der Waals surface area contributed by atoms with Crippen molar-refractivity contribution in [1.82, 2.24) is 15.1 Å². The largest absolute Gasteiger partial charge is 0.489 e. The van der Waals surface area contributed by atoms with Crippen LogP contribution in [0.4, 0.5) is 0 Å². The van der Waals surface area contributed by atoms with Gasteiger partial charge in [-0.15, -0.1) is 0 Å². The second kappa shape index (κ2) is 12.4. The van der Waals surface area contributed by atoms with E-state index in [9.17, 15) is 10.1 Å². The third kappa shape index (κ3) is 6.55. The maximum Gasteiger partial charge on any atom is 0.262 e. The third-order valence-corrected chi connectivity index (χ3v) is 6.79. The van der Waals surface area contributed by atoms with E-state index in [0.29, 0.717) is 41.8 Å². The van der Waals surface area contributed by atoms with Gasteiger partial charge in [-0.2, -0.15) is 10.4 Å². The number of nitrogens with one attached hydrogen (secondary N) is 1. The number of rotatable bonds is 9. The fraction of sp³-hybridized carbons (Fsp3) is 0.194. The molecule has 0 saturated carbocycles. The van der Waals surface area contributed by atoms with Crippen LogP contribution in [0.1, 0.15) is 24.0 Å². The highest BCUT2D eigenvalue weighted by Gasteiger charge is 2.19.